The number of rotatable bonds is 2. The molecule has 0 atom stereocenters. The molecule has 1 aromatic rings. The summed E-state index contributed by atoms with van der Waals surface area (Å²) in [6.45, 7) is 10.9. The first-order valence-corrected chi connectivity index (χ1v) is 8.47. The Morgan fingerprint density at radius 1 is 1.09 bits per heavy atom. The van der Waals surface area contributed by atoms with Crippen LogP contribution in [0.1, 0.15) is 47.1 Å². The molecule has 0 saturated heterocycles. The summed E-state index contributed by atoms with van der Waals surface area (Å²) in [5.74, 6) is 0. The Bertz CT molecular complexity index is 698. The fraction of sp³-hybridized carbons (Fsp3) is 0.500. The van der Waals surface area contributed by atoms with Crippen molar-refractivity contribution in [2.45, 2.75) is 51.7 Å². The van der Waals surface area contributed by atoms with Crippen LogP contribution in [0.2, 0.25) is 0 Å². The number of hydrogen-bond acceptors (Lipinski definition) is 5. The van der Waals surface area contributed by atoms with Crippen molar-refractivity contribution in [1.82, 2.24) is 0 Å². The molecule has 1 N–H and O–H groups in total. The summed E-state index contributed by atoms with van der Waals surface area (Å²) in [4.78, 5) is 0. The molecule has 0 aliphatic carbocycles. The number of sulfone groups is 1. The minimum Gasteiger partial charge on any atom is -0.277 e. The van der Waals surface area contributed by atoms with Crippen LogP contribution in [0.5, 0.6) is 0 Å². The van der Waals surface area contributed by atoms with E-state index in [-0.39, 0.29) is 5.41 Å². The number of nitrogens with zero attached hydrogens (tertiary/aromatic N) is 2. The molecule has 0 unspecified atom stereocenters. The van der Waals surface area contributed by atoms with Crippen LogP contribution in [0.25, 0.3) is 0 Å². The zero-order chi connectivity index (χ0) is 17.2. The van der Waals surface area contributed by atoms with Crippen molar-refractivity contribution in [3.8, 4) is 6.07 Å². The van der Waals surface area contributed by atoms with Gasteiger partial charge in [0.2, 0.25) is 9.84 Å². The maximum absolute atomic E-state index is 12.2. The second-order valence-corrected chi connectivity index (χ2v) is 9.70. The molecule has 0 spiro atoms. The molecule has 0 bridgehead atoms. The van der Waals surface area contributed by atoms with E-state index in [0.717, 1.165) is 5.56 Å². The van der Waals surface area contributed by atoms with E-state index in [1.165, 1.54) is 20.8 Å². The fourth-order valence-corrected chi connectivity index (χ4v) is 2.46. The molecule has 1 rings (SSSR count). The Morgan fingerprint density at radius 2 is 1.59 bits per heavy atom. The van der Waals surface area contributed by atoms with Crippen molar-refractivity contribution in [1.29, 1.82) is 5.26 Å². The lowest BCUT2D eigenvalue weighted by Gasteiger charge is -2.19. The summed E-state index contributed by atoms with van der Waals surface area (Å²) in [6.07, 6.45) is 0. The third-order valence-corrected chi connectivity index (χ3v) is 5.50. The van der Waals surface area contributed by atoms with Gasteiger partial charge in [0, 0.05) is 0 Å². The zero-order valence-corrected chi connectivity index (χ0v) is 14.7. The van der Waals surface area contributed by atoms with Gasteiger partial charge in [0.25, 0.3) is 5.04 Å². The number of hydrazone groups is 1. The molecule has 0 fully saturated rings. The fourth-order valence-electron chi connectivity index (χ4n) is 1.60. The molecule has 1 aromatic carbocycles. The molecule has 0 amide bonds. The predicted octanol–water partition coefficient (Wildman–Crippen LogP) is 3.45. The molecule has 0 aliphatic rings. The normalized spacial score (nSPS) is 13.6. The Balaban J connectivity index is 3.03. The van der Waals surface area contributed by atoms with Gasteiger partial charge in [0.1, 0.15) is 6.07 Å². The zero-order valence-electron chi connectivity index (χ0n) is 13.9. The number of benzene rings is 1. The Morgan fingerprint density at radius 3 is 1.95 bits per heavy atom. The van der Waals surface area contributed by atoms with Crippen LogP contribution in [0.3, 0.4) is 0 Å². The molecule has 120 valence electrons. The van der Waals surface area contributed by atoms with Crippen LogP contribution in [0.15, 0.2) is 29.4 Å². The average molecular weight is 321 g/mol. The molecular formula is C16H23N3O2S. The third kappa shape index (κ3) is 4.08. The van der Waals surface area contributed by atoms with Gasteiger partial charge in [0.05, 0.1) is 10.4 Å². The maximum atomic E-state index is 12.2. The van der Waals surface area contributed by atoms with E-state index < -0.39 is 19.6 Å². The van der Waals surface area contributed by atoms with Crippen molar-refractivity contribution in [2.24, 2.45) is 5.10 Å². The Hall–Kier alpha value is -1.87. The molecule has 6 heteroatoms. The summed E-state index contributed by atoms with van der Waals surface area (Å²) in [5.41, 5.74) is 4.46. The highest BCUT2D eigenvalue weighted by molar-refractivity contribution is 8.08. The highest BCUT2D eigenvalue weighted by Gasteiger charge is 2.34. The SMILES string of the molecule is CC(C)(C)c1ccc(NN=C(C#N)S(=O)(=O)C(C)(C)C)cc1. The van der Waals surface area contributed by atoms with Gasteiger partial charge < -0.3 is 0 Å². The van der Waals surface area contributed by atoms with E-state index in [2.05, 4.69) is 31.3 Å². The standard InChI is InChI=1S/C16H23N3O2S/c1-15(2,3)12-7-9-13(10-8-12)18-19-14(11-17)22(20,21)16(4,5)6/h7-10,18H,1-6H3. The number of hydrogen-bond donors (Lipinski definition) is 1. The van der Waals surface area contributed by atoms with Gasteiger partial charge in [-0.15, -0.1) is 0 Å². The van der Waals surface area contributed by atoms with Gasteiger partial charge in [-0.05, 0) is 43.9 Å². The molecular weight excluding hydrogens is 298 g/mol. The quantitative estimate of drug-likeness (QED) is 0.514. The highest BCUT2D eigenvalue weighted by Crippen LogP contribution is 2.23. The number of nitrogens with one attached hydrogen (secondary N) is 1. The molecule has 22 heavy (non-hydrogen) atoms. The molecule has 5 nitrogen and oxygen atoms in total. The van der Waals surface area contributed by atoms with Gasteiger partial charge in [-0.1, -0.05) is 32.9 Å². The minimum absolute atomic E-state index is 0.0369. The van der Waals surface area contributed by atoms with Crippen LogP contribution in [0.4, 0.5) is 5.69 Å². The van der Waals surface area contributed by atoms with Crippen LogP contribution >= 0.6 is 0 Å². The predicted molar refractivity (Wildman–Crippen MR) is 90.5 cm³/mol. The van der Waals surface area contributed by atoms with Gasteiger partial charge in [-0.2, -0.15) is 10.4 Å². The van der Waals surface area contributed by atoms with E-state index in [1.54, 1.807) is 6.07 Å². The van der Waals surface area contributed by atoms with E-state index in [9.17, 15) is 8.42 Å². The van der Waals surface area contributed by atoms with E-state index in [1.807, 2.05) is 24.3 Å². The van der Waals surface area contributed by atoms with E-state index in [0.29, 0.717) is 5.69 Å². The molecule has 0 radical (unpaired) electrons. The largest absolute Gasteiger partial charge is 0.277 e. The van der Waals surface area contributed by atoms with Gasteiger partial charge in [-0.3, -0.25) is 5.43 Å². The first-order valence-electron chi connectivity index (χ1n) is 6.98. The summed E-state index contributed by atoms with van der Waals surface area (Å²) in [7, 11) is -3.76. The topological polar surface area (TPSA) is 82.3 Å². The van der Waals surface area contributed by atoms with Gasteiger partial charge in [-0.25, -0.2) is 8.42 Å². The van der Waals surface area contributed by atoms with Crippen molar-refractivity contribution < 1.29 is 8.42 Å². The van der Waals surface area contributed by atoms with Gasteiger partial charge in [0.15, 0.2) is 0 Å². The summed E-state index contributed by atoms with van der Waals surface area (Å²) < 4.78 is 23.3. The maximum Gasteiger partial charge on any atom is 0.252 e. The van der Waals surface area contributed by atoms with E-state index >= 15 is 0 Å². The third-order valence-electron chi connectivity index (χ3n) is 3.19. The number of anilines is 1. The monoisotopic (exact) mass is 321 g/mol. The molecule has 0 aliphatic heterocycles. The van der Waals surface area contributed by atoms with Crippen molar-refractivity contribution in [3.63, 3.8) is 0 Å². The van der Waals surface area contributed by atoms with Gasteiger partial charge >= 0.3 is 0 Å². The Kier molecular flexibility index (Phi) is 5.03. The molecule has 0 saturated carbocycles. The average Bonchev–Trinajstić information content (AvgIpc) is 2.37. The molecule has 0 aromatic heterocycles. The summed E-state index contributed by atoms with van der Waals surface area (Å²) in [6, 6.07) is 9.16. The van der Waals surface area contributed by atoms with Crippen molar-refractivity contribution >= 4 is 20.6 Å². The van der Waals surface area contributed by atoms with Crippen molar-refractivity contribution in [2.75, 3.05) is 5.43 Å². The second-order valence-electron chi connectivity index (χ2n) is 7.08. The van der Waals surface area contributed by atoms with E-state index in [4.69, 9.17) is 5.26 Å². The second kappa shape index (κ2) is 6.09. The van der Waals surface area contributed by atoms with Crippen molar-refractivity contribution in [3.05, 3.63) is 29.8 Å². The lowest BCUT2D eigenvalue weighted by atomic mass is 9.87. The highest BCUT2D eigenvalue weighted by atomic mass is 32.2. The first-order chi connectivity index (χ1) is 9.89. The summed E-state index contributed by atoms with van der Waals surface area (Å²) >= 11 is 0. The minimum atomic E-state index is -3.76. The van der Waals surface area contributed by atoms with Crippen LogP contribution in [-0.4, -0.2) is 18.2 Å². The number of nitriles is 1. The lowest BCUT2D eigenvalue weighted by Crippen LogP contribution is -2.34. The summed E-state index contributed by atoms with van der Waals surface area (Å²) in [5, 5.41) is 12.3. The lowest BCUT2D eigenvalue weighted by molar-refractivity contribution is 0.573. The molecule has 0 heterocycles. The van der Waals surface area contributed by atoms with Crippen LogP contribution in [-0.2, 0) is 15.3 Å². The van der Waals surface area contributed by atoms with Crippen LogP contribution in [0, 0.1) is 11.3 Å². The first kappa shape index (κ1) is 18.2. The Labute approximate surface area is 133 Å². The smallest absolute Gasteiger partial charge is 0.252 e. The van der Waals surface area contributed by atoms with Crippen LogP contribution < -0.4 is 5.43 Å².